The van der Waals surface area contributed by atoms with E-state index in [9.17, 15) is 4.79 Å². The Kier molecular flexibility index (Phi) is 8.62. The van der Waals surface area contributed by atoms with Gasteiger partial charge in [0.05, 0.1) is 31.3 Å². The van der Waals surface area contributed by atoms with Crippen LogP contribution in [0.4, 0.5) is 4.79 Å². The van der Waals surface area contributed by atoms with Crippen molar-refractivity contribution in [1.29, 1.82) is 0 Å². The van der Waals surface area contributed by atoms with Crippen LogP contribution in [0.5, 0.6) is 0 Å². The lowest BCUT2D eigenvalue weighted by molar-refractivity contribution is 0.141. The minimum Gasteiger partial charge on any atom is -0.502 e. The number of carbonyl (C=O) groups excluding carboxylic acids is 1. The largest absolute Gasteiger partial charge is 0.502 e. The molecule has 0 radical (unpaired) electrons. The van der Waals surface area contributed by atoms with E-state index in [0.29, 0.717) is 6.54 Å². The van der Waals surface area contributed by atoms with Crippen molar-refractivity contribution in [2.75, 3.05) is 40.4 Å². The molecule has 164 valence electrons. The molecular weight excluding hydrogens is 366 g/mol. The van der Waals surface area contributed by atoms with Gasteiger partial charge in [0.1, 0.15) is 0 Å². The summed E-state index contributed by atoms with van der Waals surface area (Å²) in [6.07, 6.45) is 9.91. The van der Waals surface area contributed by atoms with E-state index in [1.54, 1.807) is 14.2 Å². The van der Waals surface area contributed by atoms with Crippen LogP contribution < -0.4 is 5.32 Å². The summed E-state index contributed by atoms with van der Waals surface area (Å²) >= 11 is 0. The molecule has 1 unspecified atom stereocenters. The second-order valence-electron chi connectivity index (χ2n) is 7.96. The van der Waals surface area contributed by atoms with Crippen molar-refractivity contribution in [3.63, 3.8) is 0 Å². The van der Waals surface area contributed by atoms with Crippen LogP contribution in [-0.4, -0.2) is 61.8 Å². The molecule has 6 heteroatoms. The molecule has 6 nitrogen and oxygen atoms in total. The average Bonchev–Trinajstić information content (AvgIpc) is 2.93. The Hall–Kier alpha value is -1.95. The highest BCUT2D eigenvalue weighted by molar-refractivity contribution is 5.82. The van der Waals surface area contributed by atoms with Crippen molar-refractivity contribution in [3.05, 3.63) is 35.4 Å². The SMILES string of the molecule is C/C=C(\CC(C)/C=C1\N(CC/C=C(\C)OC)C(=O)N(CC)C12CCNCC2)OC. The Bertz CT molecular complexity index is 648. The van der Waals surface area contributed by atoms with Gasteiger partial charge in [-0.05, 0) is 71.2 Å². The lowest BCUT2D eigenvalue weighted by Crippen LogP contribution is -2.52. The zero-order chi connectivity index (χ0) is 21.4. The van der Waals surface area contributed by atoms with Gasteiger partial charge in [-0.2, -0.15) is 0 Å². The van der Waals surface area contributed by atoms with Crippen LogP contribution in [0.2, 0.25) is 0 Å². The summed E-state index contributed by atoms with van der Waals surface area (Å²) in [4.78, 5) is 17.5. The number of rotatable bonds is 9. The van der Waals surface area contributed by atoms with Gasteiger partial charge in [0.2, 0.25) is 0 Å². The van der Waals surface area contributed by atoms with Crippen molar-refractivity contribution >= 4 is 6.03 Å². The number of amides is 2. The van der Waals surface area contributed by atoms with Crippen molar-refractivity contribution in [2.24, 2.45) is 5.92 Å². The molecule has 1 atom stereocenters. The van der Waals surface area contributed by atoms with Gasteiger partial charge in [-0.1, -0.05) is 13.0 Å². The van der Waals surface area contributed by atoms with Gasteiger partial charge in [-0.3, -0.25) is 4.90 Å². The first-order chi connectivity index (χ1) is 13.9. The Labute approximate surface area is 176 Å². The number of methoxy groups -OCH3 is 2. The van der Waals surface area contributed by atoms with Gasteiger partial charge < -0.3 is 19.7 Å². The van der Waals surface area contributed by atoms with Crippen LogP contribution in [0.1, 0.15) is 53.4 Å². The Morgan fingerprint density at radius 3 is 2.52 bits per heavy atom. The third-order valence-corrected chi connectivity index (χ3v) is 6.15. The van der Waals surface area contributed by atoms with Gasteiger partial charge in [-0.25, -0.2) is 4.79 Å². The van der Waals surface area contributed by atoms with Crippen molar-refractivity contribution in [3.8, 4) is 0 Å². The van der Waals surface area contributed by atoms with E-state index in [2.05, 4.69) is 36.2 Å². The molecule has 1 spiro atoms. The number of likely N-dealkylation sites (N-methyl/N-ethyl adjacent to an activating group) is 1. The van der Waals surface area contributed by atoms with Crippen LogP contribution in [-0.2, 0) is 9.47 Å². The number of carbonyl (C=O) groups is 1. The molecular formula is C23H39N3O3. The standard InChI is InChI=1S/C23H39N3O3/c1-7-20(29-6)16-18(3)17-21-23(11-13-24-14-12-23)26(8-2)22(27)25(21)15-9-10-19(4)28-5/h7,10,17-18,24H,8-9,11-16H2,1-6H3/b19-10+,20-7+,21-17-. The highest BCUT2D eigenvalue weighted by Gasteiger charge is 2.52. The second-order valence-corrected chi connectivity index (χ2v) is 7.96. The predicted octanol–water partition coefficient (Wildman–Crippen LogP) is 4.27. The summed E-state index contributed by atoms with van der Waals surface area (Å²) in [6, 6.07) is 0.134. The number of urea groups is 1. The number of piperidine rings is 1. The first-order valence-electron chi connectivity index (χ1n) is 10.9. The quantitative estimate of drug-likeness (QED) is 0.582. The topological polar surface area (TPSA) is 54.0 Å². The molecule has 2 saturated heterocycles. The summed E-state index contributed by atoms with van der Waals surface area (Å²) in [7, 11) is 3.40. The van der Waals surface area contributed by atoms with Gasteiger partial charge in [0.25, 0.3) is 0 Å². The zero-order valence-corrected chi connectivity index (χ0v) is 19.1. The summed E-state index contributed by atoms with van der Waals surface area (Å²) < 4.78 is 10.7. The van der Waals surface area contributed by atoms with Crippen molar-refractivity contribution in [2.45, 2.75) is 58.9 Å². The van der Waals surface area contributed by atoms with E-state index in [4.69, 9.17) is 9.47 Å². The van der Waals surface area contributed by atoms with E-state index in [1.165, 1.54) is 5.70 Å². The van der Waals surface area contributed by atoms with Gasteiger partial charge in [-0.15, -0.1) is 0 Å². The molecule has 2 amide bonds. The summed E-state index contributed by atoms with van der Waals surface area (Å²) in [5.41, 5.74) is 0.975. The molecule has 0 aromatic heterocycles. The minimum absolute atomic E-state index is 0.134. The lowest BCUT2D eigenvalue weighted by Gasteiger charge is -2.41. The van der Waals surface area contributed by atoms with Crippen molar-refractivity contribution < 1.29 is 14.3 Å². The Morgan fingerprint density at radius 2 is 1.97 bits per heavy atom. The summed E-state index contributed by atoms with van der Waals surface area (Å²) in [5.74, 6) is 2.15. The molecule has 1 N–H and O–H groups in total. The number of hydrogen-bond acceptors (Lipinski definition) is 4. The van der Waals surface area contributed by atoms with Gasteiger partial charge in [0.15, 0.2) is 0 Å². The van der Waals surface area contributed by atoms with Crippen LogP contribution in [0.15, 0.2) is 35.4 Å². The highest BCUT2D eigenvalue weighted by atomic mass is 16.5. The summed E-state index contributed by atoms with van der Waals surface area (Å²) in [5, 5.41) is 3.46. The third kappa shape index (κ3) is 5.16. The normalized spacial score (nSPS) is 22.6. The van der Waals surface area contributed by atoms with Crippen molar-refractivity contribution in [1.82, 2.24) is 15.1 Å². The molecule has 0 aliphatic carbocycles. The smallest absolute Gasteiger partial charge is 0.325 e. The molecule has 0 aromatic rings. The molecule has 29 heavy (non-hydrogen) atoms. The van der Waals surface area contributed by atoms with E-state index in [0.717, 1.165) is 56.8 Å². The lowest BCUT2D eigenvalue weighted by atomic mass is 9.82. The average molecular weight is 406 g/mol. The van der Waals surface area contributed by atoms with Crippen LogP contribution in [0.25, 0.3) is 0 Å². The van der Waals surface area contributed by atoms with Crippen LogP contribution >= 0.6 is 0 Å². The van der Waals surface area contributed by atoms with Gasteiger partial charge in [0, 0.05) is 25.2 Å². The Morgan fingerprint density at radius 1 is 1.28 bits per heavy atom. The van der Waals surface area contributed by atoms with E-state index >= 15 is 0 Å². The molecule has 2 aliphatic heterocycles. The zero-order valence-electron chi connectivity index (χ0n) is 19.1. The number of ether oxygens (including phenoxy) is 2. The van der Waals surface area contributed by atoms with Gasteiger partial charge >= 0.3 is 6.03 Å². The van der Waals surface area contributed by atoms with E-state index in [-0.39, 0.29) is 17.5 Å². The Balaban J connectivity index is 2.38. The number of hydrogen-bond donors (Lipinski definition) is 1. The third-order valence-electron chi connectivity index (χ3n) is 6.15. The molecule has 2 rings (SSSR count). The van der Waals surface area contributed by atoms with E-state index in [1.807, 2.05) is 24.8 Å². The predicted molar refractivity (Wildman–Crippen MR) is 117 cm³/mol. The number of nitrogens with zero attached hydrogens (tertiary/aromatic N) is 2. The van der Waals surface area contributed by atoms with Crippen LogP contribution in [0, 0.1) is 5.92 Å². The monoisotopic (exact) mass is 405 g/mol. The number of allylic oxidation sites excluding steroid dienone is 4. The second kappa shape index (κ2) is 10.7. The molecule has 2 heterocycles. The van der Waals surface area contributed by atoms with Crippen LogP contribution in [0.3, 0.4) is 0 Å². The maximum atomic E-state index is 13.4. The fourth-order valence-corrected chi connectivity index (χ4v) is 4.53. The molecule has 0 saturated carbocycles. The molecule has 2 aliphatic rings. The molecule has 2 fully saturated rings. The number of nitrogens with one attached hydrogen (secondary N) is 1. The fourth-order valence-electron chi connectivity index (χ4n) is 4.53. The molecule has 0 aromatic carbocycles. The minimum atomic E-state index is -0.200. The highest BCUT2D eigenvalue weighted by Crippen LogP contribution is 2.43. The fraction of sp³-hybridized carbons (Fsp3) is 0.696. The first-order valence-corrected chi connectivity index (χ1v) is 10.9. The molecule has 0 bridgehead atoms. The maximum Gasteiger partial charge on any atom is 0.325 e. The maximum absolute atomic E-state index is 13.4. The van der Waals surface area contributed by atoms with E-state index < -0.39 is 0 Å². The summed E-state index contributed by atoms with van der Waals surface area (Å²) in [6.45, 7) is 11.5. The first kappa shape index (κ1) is 23.3.